The summed E-state index contributed by atoms with van der Waals surface area (Å²) in [5, 5.41) is 32.0. The summed E-state index contributed by atoms with van der Waals surface area (Å²) < 4.78 is 5.07. The van der Waals surface area contributed by atoms with E-state index in [2.05, 4.69) is 5.32 Å². The molecule has 0 fully saturated rings. The van der Waals surface area contributed by atoms with E-state index in [0.717, 1.165) is 17.5 Å². The Labute approximate surface area is 142 Å². The van der Waals surface area contributed by atoms with E-state index in [1.165, 1.54) is 7.11 Å². The third-order valence-corrected chi connectivity index (χ3v) is 3.45. The number of nitrogens with one attached hydrogen (secondary N) is 1. The smallest absolute Gasteiger partial charge is 0.160 e. The zero-order chi connectivity index (χ0) is 15.9. The van der Waals surface area contributed by atoms with E-state index in [0.29, 0.717) is 18.8 Å². The van der Waals surface area contributed by atoms with E-state index in [1.54, 1.807) is 36.4 Å². The summed E-state index contributed by atoms with van der Waals surface area (Å²) in [4.78, 5) is 0. The van der Waals surface area contributed by atoms with Crippen molar-refractivity contribution < 1.29 is 20.1 Å². The molecule has 0 heterocycles. The van der Waals surface area contributed by atoms with Gasteiger partial charge < -0.3 is 25.4 Å². The number of methoxy groups -OCH3 is 1. The van der Waals surface area contributed by atoms with E-state index >= 15 is 0 Å². The van der Waals surface area contributed by atoms with Crippen molar-refractivity contribution in [3.8, 4) is 17.2 Å². The van der Waals surface area contributed by atoms with Crippen LogP contribution in [0.1, 0.15) is 17.2 Å². The molecule has 0 aliphatic rings. The Kier molecular flexibility index (Phi) is 7.68. The molecule has 0 spiro atoms. The number of aliphatic hydroxyl groups excluding tert-OH is 1. The highest BCUT2D eigenvalue weighted by molar-refractivity contribution is 5.85. The Morgan fingerprint density at radius 3 is 2.43 bits per heavy atom. The van der Waals surface area contributed by atoms with E-state index in [9.17, 15) is 15.3 Å². The summed E-state index contributed by atoms with van der Waals surface area (Å²) in [7, 11) is 1.52. The number of phenolic OH excluding ortho intramolecular Hbond substituents is 2. The molecule has 2 aromatic rings. The minimum absolute atomic E-state index is 0. The molecule has 0 aliphatic heterocycles. The number of halogens is 1. The van der Waals surface area contributed by atoms with Crippen LogP contribution >= 0.6 is 12.4 Å². The fourth-order valence-corrected chi connectivity index (χ4v) is 2.16. The Hall–Kier alpha value is -1.95. The summed E-state index contributed by atoms with van der Waals surface area (Å²) in [5.41, 5.74) is 1.80. The van der Waals surface area contributed by atoms with Crippen molar-refractivity contribution in [3.05, 3.63) is 53.6 Å². The predicted octanol–water partition coefficient (Wildman–Crippen LogP) is 2.39. The maximum atomic E-state index is 10.0. The fourth-order valence-electron chi connectivity index (χ4n) is 2.16. The quantitative estimate of drug-likeness (QED) is 0.582. The lowest BCUT2D eigenvalue weighted by atomic mass is 10.1. The van der Waals surface area contributed by atoms with Gasteiger partial charge in [-0.2, -0.15) is 0 Å². The molecule has 0 unspecified atom stereocenters. The molecule has 0 saturated carbocycles. The number of hydrogen-bond acceptors (Lipinski definition) is 5. The van der Waals surface area contributed by atoms with Crippen LogP contribution in [0, 0.1) is 0 Å². The van der Waals surface area contributed by atoms with Gasteiger partial charge >= 0.3 is 0 Å². The molecule has 0 aliphatic carbocycles. The van der Waals surface area contributed by atoms with Crippen LogP contribution in [0.25, 0.3) is 0 Å². The second kappa shape index (κ2) is 9.25. The summed E-state index contributed by atoms with van der Waals surface area (Å²) in [6.07, 6.45) is 0.147. The second-order valence-electron chi connectivity index (χ2n) is 5.07. The average Bonchev–Trinajstić information content (AvgIpc) is 2.53. The molecular weight excluding hydrogens is 318 g/mol. The molecule has 0 radical (unpaired) electrons. The van der Waals surface area contributed by atoms with Crippen LogP contribution in [0.4, 0.5) is 0 Å². The summed E-state index contributed by atoms with van der Waals surface area (Å²) in [6.45, 7) is 1.13. The van der Waals surface area contributed by atoms with Crippen molar-refractivity contribution in [3.63, 3.8) is 0 Å². The van der Waals surface area contributed by atoms with Crippen molar-refractivity contribution in [2.75, 3.05) is 20.2 Å². The predicted molar refractivity (Wildman–Crippen MR) is 91.5 cm³/mol. The minimum atomic E-state index is -0.616. The number of aliphatic hydroxyl groups is 1. The van der Waals surface area contributed by atoms with E-state index in [-0.39, 0.29) is 23.9 Å². The molecule has 0 aromatic heterocycles. The lowest BCUT2D eigenvalue weighted by Crippen LogP contribution is -2.23. The molecule has 2 aromatic carbocycles. The highest BCUT2D eigenvalue weighted by atomic mass is 35.5. The third-order valence-electron chi connectivity index (χ3n) is 3.45. The number of phenols is 2. The first-order valence-electron chi connectivity index (χ1n) is 7.13. The van der Waals surface area contributed by atoms with Crippen molar-refractivity contribution in [2.45, 2.75) is 12.5 Å². The van der Waals surface area contributed by atoms with Crippen LogP contribution in [-0.4, -0.2) is 35.5 Å². The Morgan fingerprint density at radius 1 is 1.09 bits per heavy atom. The van der Waals surface area contributed by atoms with E-state index in [1.807, 2.05) is 6.07 Å². The highest BCUT2D eigenvalue weighted by Gasteiger charge is 2.07. The number of rotatable bonds is 7. The minimum Gasteiger partial charge on any atom is -0.508 e. The molecular formula is C17H22ClNO4. The van der Waals surface area contributed by atoms with E-state index < -0.39 is 6.10 Å². The van der Waals surface area contributed by atoms with Gasteiger partial charge in [-0.3, -0.25) is 0 Å². The standard InChI is InChI=1S/C17H21NO4.ClH/c1-22-17-10-12(2-7-15(17)20)8-9-18-11-16(21)13-3-5-14(19)6-4-13;/h2-7,10,16,18-21H,8-9,11H2,1H3;1H/t16-;/m0./s1. The lowest BCUT2D eigenvalue weighted by Gasteiger charge is -2.12. The van der Waals surface area contributed by atoms with Gasteiger partial charge in [0.2, 0.25) is 0 Å². The topological polar surface area (TPSA) is 82.0 Å². The van der Waals surface area contributed by atoms with Crippen molar-refractivity contribution in [2.24, 2.45) is 0 Å². The molecule has 126 valence electrons. The van der Waals surface area contributed by atoms with Crippen LogP contribution < -0.4 is 10.1 Å². The molecule has 23 heavy (non-hydrogen) atoms. The molecule has 1 atom stereocenters. The molecule has 0 bridgehead atoms. The number of aromatic hydroxyl groups is 2. The maximum absolute atomic E-state index is 10.0. The number of benzene rings is 2. The molecule has 0 amide bonds. The van der Waals surface area contributed by atoms with Crippen LogP contribution in [0.3, 0.4) is 0 Å². The van der Waals surface area contributed by atoms with Gasteiger partial charge in [-0.25, -0.2) is 0 Å². The Balaban J connectivity index is 0.00000264. The zero-order valence-electron chi connectivity index (χ0n) is 12.9. The molecule has 5 nitrogen and oxygen atoms in total. The van der Waals surface area contributed by atoms with Gasteiger partial charge in [-0.15, -0.1) is 12.4 Å². The monoisotopic (exact) mass is 339 g/mol. The van der Waals surface area contributed by atoms with Gasteiger partial charge in [-0.05, 0) is 48.4 Å². The van der Waals surface area contributed by atoms with Gasteiger partial charge in [0.05, 0.1) is 13.2 Å². The normalized spacial score (nSPS) is 11.6. The van der Waals surface area contributed by atoms with Crippen molar-refractivity contribution in [1.29, 1.82) is 0 Å². The van der Waals surface area contributed by atoms with E-state index in [4.69, 9.17) is 4.74 Å². The van der Waals surface area contributed by atoms with Gasteiger partial charge in [0.25, 0.3) is 0 Å². The van der Waals surface area contributed by atoms with Crippen LogP contribution in [0.15, 0.2) is 42.5 Å². The largest absolute Gasteiger partial charge is 0.508 e. The lowest BCUT2D eigenvalue weighted by molar-refractivity contribution is 0.175. The van der Waals surface area contributed by atoms with Gasteiger partial charge in [0.15, 0.2) is 11.5 Å². The zero-order valence-corrected chi connectivity index (χ0v) is 13.7. The Morgan fingerprint density at radius 2 is 1.78 bits per heavy atom. The summed E-state index contributed by atoms with van der Waals surface area (Å²) in [5.74, 6) is 0.772. The summed E-state index contributed by atoms with van der Waals surface area (Å²) >= 11 is 0. The SMILES string of the molecule is COc1cc(CCNC[C@H](O)c2ccc(O)cc2)ccc1O.Cl. The van der Waals surface area contributed by atoms with Crippen molar-refractivity contribution >= 4 is 12.4 Å². The van der Waals surface area contributed by atoms with Crippen LogP contribution in [-0.2, 0) is 6.42 Å². The molecule has 0 saturated heterocycles. The average molecular weight is 340 g/mol. The van der Waals surface area contributed by atoms with Gasteiger partial charge in [-0.1, -0.05) is 18.2 Å². The first-order valence-corrected chi connectivity index (χ1v) is 7.13. The summed E-state index contributed by atoms with van der Waals surface area (Å²) in [6, 6.07) is 11.8. The first kappa shape index (κ1) is 19.1. The molecule has 2 rings (SSSR count). The second-order valence-corrected chi connectivity index (χ2v) is 5.07. The molecule has 6 heteroatoms. The van der Waals surface area contributed by atoms with Crippen LogP contribution in [0.5, 0.6) is 17.2 Å². The third kappa shape index (κ3) is 5.63. The number of ether oxygens (including phenoxy) is 1. The molecule has 4 N–H and O–H groups in total. The maximum Gasteiger partial charge on any atom is 0.160 e. The van der Waals surface area contributed by atoms with Crippen molar-refractivity contribution in [1.82, 2.24) is 5.32 Å². The first-order chi connectivity index (χ1) is 10.6. The van der Waals surface area contributed by atoms with Gasteiger partial charge in [0.1, 0.15) is 5.75 Å². The number of hydrogen-bond donors (Lipinski definition) is 4. The Bertz CT molecular complexity index is 604. The highest BCUT2D eigenvalue weighted by Crippen LogP contribution is 2.26. The fraction of sp³-hybridized carbons (Fsp3) is 0.294. The van der Waals surface area contributed by atoms with Crippen LogP contribution in [0.2, 0.25) is 0 Å². The van der Waals surface area contributed by atoms with Gasteiger partial charge in [0, 0.05) is 6.54 Å².